The minimum Gasteiger partial charge on any atom is -0.449 e. The van der Waals surface area contributed by atoms with Crippen molar-refractivity contribution in [2.24, 2.45) is 0 Å². The van der Waals surface area contributed by atoms with Crippen molar-refractivity contribution in [2.75, 3.05) is 11.6 Å². The molecule has 3 rings (SSSR count). The molecule has 11 heteroatoms. The lowest BCUT2D eigenvalue weighted by atomic mass is 10.2. The second-order valence-electron chi connectivity index (χ2n) is 5.93. The van der Waals surface area contributed by atoms with Gasteiger partial charge in [-0.05, 0) is 61.8 Å². The Hall–Kier alpha value is -1.91. The van der Waals surface area contributed by atoms with Gasteiger partial charge in [-0.2, -0.15) is 0 Å². The van der Waals surface area contributed by atoms with Crippen molar-refractivity contribution >= 4 is 76.1 Å². The summed E-state index contributed by atoms with van der Waals surface area (Å²) in [5.74, 6) is -1.16. The van der Waals surface area contributed by atoms with E-state index in [2.05, 4.69) is 10.4 Å². The van der Waals surface area contributed by atoms with Gasteiger partial charge in [0.1, 0.15) is 0 Å². The van der Waals surface area contributed by atoms with Crippen LogP contribution in [0.4, 0.5) is 5.69 Å². The summed E-state index contributed by atoms with van der Waals surface area (Å²) in [6.45, 7) is 1.47. The molecule has 2 aromatic carbocycles. The smallest absolute Gasteiger partial charge is 0.338 e. The van der Waals surface area contributed by atoms with E-state index in [0.29, 0.717) is 20.2 Å². The molecule has 1 atom stereocenters. The lowest BCUT2D eigenvalue weighted by molar-refractivity contribution is -0.123. The molecule has 0 bridgehead atoms. The second kappa shape index (κ2) is 9.93. The van der Waals surface area contributed by atoms with Gasteiger partial charge in [0.25, 0.3) is 5.91 Å². The largest absolute Gasteiger partial charge is 0.449 e. The van der Waals surface area contributed by atoms with Crippen molar-refractivity contribution in [3.05, 3.63) is 62.0 Å². The van der Waals surface area contributed by atoms with Crippen LogP contribution in [-0.4, -0.2) is 34.0 Å². The van der Waals surface area contributed by atoms with Crippen LogP contribution in [0.3, 0.4) is 0 Å². The van der Waals surface area contributed by atoms with Crippen LogP contribution in [0.15, 0.2) is 46.8 Å². The highest BCUT2D eigenvalue weighted by atomic mass is 35.5. The Labute approximate surface area is 196 Å². The number of halogens is 2. The molecule has 30 heavy (non-hydrogen) atoms. The molecule has 0 saturated heterocycles. The molecule has 1 heterocycles. The minimum atomic E-state index is -1.04. The van der Waals surface area contributed by atoms with Crippen LogP contribution in [0, 0.1) is 3.95 Å². The molecule has 0 spiro atoms. The highest BCUT2D eigenvalue weighted by Crippen LogP contribution is 2.29. The number of esters is 1. The van der Waals surface area contributed by atoms with Crippen molar-refractivity contribution in [1.82, 2.24) is 9.78 Å². The fourth-order valence-corrected chi connectivity index (χ4v) is 4.49. The van der Waals surface area contributed by atoms with E-state index in [1.54, 1.807) is 47.1 Å². The van der Waals surface area contributed by atoms with Gasteiger partial charge >= 0.3 is 5.97 Å². The van der Waals surface area contributed by atoms with Crippen LogP contribution in [0.1, 0.15) is 17.3 Å². The molecule has 1 aromatic heterocycles. The first-order chi connectivity index (χ1) is 14.3. The molecule has 0 aliphatic rings. The summed E-state index contributed by atoms with van der Waals surface area (Å²) in [7, 11) is 0. The Morgan fingerprint density at radius 2 is 1.93 bits per heavy atom. The quantitative estimate of drug-likeness (QED) is 0.259. The van der Waals surface area contributed by atoms with Gasteiger partial charge in [-0.15, -0.1) is 5.10 Å². The van der Waals surface area contributed by atoms with Crippen molar-refractivity contribution in [2.45, 2.75) is 17.4 Å². The van der Waals surface area contributed by atoms with E-state index in [9.17, 15) is 9.59 Å². The minimum absolute atomic E-state index is 0.215. The number of rotatable bonds is 6. The third kappa shape index (κ3) is 5.22. The molecule has 0 unspecified atom stereocenters. The van der Waals surface area contributed by atoms with Crippen LogP contribution in [-0.2, 0) is 9.53 Å². The predicted molar refractivity (Wildman–Crippen MR) is 124 cm³/mol. The van der Waals surface area contributed by atoms with Crippen LogP contribution in [0.2, 0.25) is 10.0 Å². The van der Waals surface area contributed by atoms with E-state index >= 15 is 0 Å². The van der Waals surface area contributed by atoms with Gasteiger partial charge in [0, 0.05) is 0 Å². The molecule has 6 nitrogen and oxygen atoms in total. The molecule has 1 N–H and O–H groups in total. The average Bonchev–Trinajstić information content (AvgIpc) is 3.12. The van der Waals surface area contributed by atoms with Crippen molar-refractivity contribution in [3.8, 4) is 5.69 Å². The molecule has 0 saturated carbocycles. The Balaban J connectivity index is 1.66. The maximum Gasteiger partial charge on any atom is 0.338 e. The zero-order valence-corrected chi connectivity index (χ0v) is 19.7. The van der Waals surface area contributed by atoms with Gasteiger partial charge in [0.15, 0.2) is 14.4 Å². The highest BCUT2D eigenvalue weighted by Gasteiger charge is 2.20. The summed E-state index contributed by atoms with van der Waals surface area (Å²) in [6.07, 6.45) is 0.887. The molecule has 156 valence electrons. The molecule has 0 radical (unpaired) electrons. The number of anilines is 1. The molecular weight excluding hydrogens is 485 g/mol. The molecule has 0 fully saturated rings. The van der Waals surface area contributed by atoms with Gasteiger partial charge in [-0.1, -0.05) is 52.4 Å². The highest BCUT2D eigenvalue weighted by molar-refractivity contribution is 8.00. The zero-order chi connectivity index (χ0) is 21.8. The van der Waals surface area contributed by atoms with E-state index in [4.69, 9.17) is 40.2 Å². The second-order valence-corrected chi connectivity index (χ2v) is 9.40. The fraction of sp³-hybridized carbons (Fsp3) is 0.158. The summed E-state index contributed by atoms with van der Waals surface area (Å²) < 4.78 is 8.35. The molecule has 0 aliphatic carbocycles. The number of amides is 1. The summed E-state index contributed by atoms with van der Waals surface area (Å²) >= 11 is 20.2. The standard InChI is InChI=1S/C19H15Cl2N3O3S3/c1-10(16(25)22-14-5-3-4-13(20)15(14)21)27-17(26)11-6-8-12(9-7-11)24-19(28)30-18(23-24)29-2/h3-10H,1-2H3,(H,22,25)/t10-/m1/s1. The Morgan fingerprint density at radius 1 is 1.23 bits per heavy atom. The number of benzene rings is 2. The van der Waals surface area contributed by atoms with Gasteiger partial charge in [0.05, 0.1) is 27.0 Å². The van der Waals surface area contributed by atoms with E-state index in [-0.39, 0.29) is 5.02 Å². The first-order valence-electron chi connectivity index (χ1n) is 8.50. The van der Waals surface area contributed by atoms with Crippen molar-refractivity contribution < 1.29 is 14.3 Å². The number of nitrogens with zero attached hydrogens (tertiary/aromatic N) is 2. The number of carbonyl (C=O) groups is 2. The average molecular weight is 500 g/mol. The number of ether oxygens (including phenoxy) is 1. The van der Waals surface area contributed by atoms with E-state index in [1.807, 2.05) is 6.26 Å². The van der Waals surface area contributed by atoms with Crippen molar-refractivity contribution in [3.63, 3.8) is 0 Å². The maximum absolute atomic E-state index is 12.4. The monoisotopic (exact) mass is 499 g/mol. The topological polar surface area (TPSA) is 73.2 Å². The predicted octanol–water partition coefficient (Wildman–Crippen LogP) is 5.88. The molecule has 1 amide bonds. The van der Waals surface area contributed by atoms with Gasteiger partial charge in [0.2, 0.25) is 0 Å². The maximum atomic E-state index is 12.4. The van der Waals surface area contributed by atoms with E-state index in [0.717, 1.165) is 10.0 Å². The Kier molecular flexibility index (Phi) is 7.54. The zero-order valence-electron chi connectivity index (χ0n) is 15.7. The normalized spacial score (nSPS) is 11.7. The number of hydrogen-bond acceptors (Lipinski definition) is 7. The number of thioether (sulfide) groups is 1. The molecule has 3 aromatic rings. The third-order valence-corrected chi connectivity index (χ3v) is 6.94. The lowest BCUT2D eigenvalue weighted by Gasteiger charge is -2.14. The number of nitrogens with one attached hydrogen (secondary N) is 1. The summed E-state index contributed by atoms with van der Waals surface area (Å²) in [6, 6.07) is 11.5. The summed E-state index contributed by atoms with van der Waals surface area (Å²) in [5.41, 5.74) is 1.37. The first-order valence-corrected chi connectivity index (χ1v) is 11.7. The number of aromatic nitrogens is 2. The summed E-state index contributed by atoms with van der Waals surface area (Å²) in [4.78, 5) is 24.7. The van der Waals surface area contributed by atoms with Crippen LogP contribution in [0.25, 0.3) is 5.69 Å². The van der Waals surface area contributed by atoms with Gasteiger partial charge < -0.3 is 10.1 Å². The van der Waals surface area contributed by atoms with E-state index < -0.39 is 18.0 Å². The summed E-state index contributed by atoms with van der Waals surface area (Å²) in [5, 5.41) is 7.52. The van der Waals surface area contributed by atoms with Crippen molar-refractivity contribution in [1.29, 1.82) is 0 Å². The van der Waals surface area contributed by atoms with Crippen LogP contribution < -0.4 is 5.32 Å². The van der Waals surface area contributed by atoms with E-state index in [1.165, 1.54) is 30.0 Å². The number of hydrogen-bond donors (Lipinski definition) is 1. The van der Waals surface area contributed by atoms with Gasteiger partial charge in [-0.3, -0.25) is 4.79 Å². The lowest BCUT2D eigenvalue weighted by Crippen LogP contribution is -2.30. The van der Waals surface area contributed by atoms with Crippen LogP contribution >= 0.6 is 58.5 Å². The Bertz CT molecular complexity index is 1150. The molecular formula is C19H15Cl2N3O3S3. The Morgan fingerprint density at radius 3 is 2.57 bits per heavy atom. The van der Waals surface area contributed by atoms with Gasteiger partial charge in [-0.25, -0.2) is 9.48 Å². The molecule has 0 aliphatic heterocycles. The van der Waals surface area contributed by atoms with Crippen LogP contribution in [0.5, 0.6) is 0 Å². The third-order valence-electron chi connectivity index (χ3n) is 3.91. The first kappa shape index (κ1) is 22.8. The number of carbonyl (C=O) groups excluding carboxylic acids is 2. The fourth-order valence-electron chi connectivity index (χ4n) is 2.36. The SMILES string of the molecule is CSc1nn(-c2ccc(C(=O)O[C@H](C)C(=O)Nc3cccc(Cl)c3Cl)cc2)c(=S)s1.